The zero-order chi connectivity index (χ0) is 20.0. The van der Waals surface area contributed by atoms with Gasteiger partial charge in [-0.2, -0.15) is 0 Å². The van der Waals surface area contributed by atoms with Gasteiger partial charge in [0.05, 0.1) is 6.26 Å². The minimum atomic E-state index is -3.34. The minimum absolute atomic E-state index is 0.0204. The summed E-state index contributed by atoms with van der Waals surface area (Å²) in [4.78, 5) is 28.4. The van der Waals surface area contributed by atoms with Gasteiger partial charge in [0, 0.05) is 43.5 Å². The third-order valence-corrected chi connectivity index (χ3v) is 5.19. The number of nitrogens with zero attached hydrogens (tertiary/aromatic N) is 2. The number of benzene rings is 1. The van der Waals surface area contributed by atoms with Crippen molar-refractivity contribution in [3.63, 3.8) is 0 Å². The summed E-state index contributed by atoms with van der Waals surface area (Å²) >= 11 is 0. The van der Waals surface area contributed by atoms with Gasteiger partial charge in [0.25, 0.3) is 5.91 Å². The molecule has 1 aromatic rings. The number of hydrogen-bond donors (Lipinski definition) is 2. The van der Waals surface area contributed by atoms with Crippen LogP contribution in [0, 0.1) is 0 Å². The van der Waals surface area contributed by atoms with Crippen molar-refractivity contribution in [2.24, 2.45) is 0 Å². The Hall–Kier alpha value is -2.29. The van der Waals surface area contributed by atoms with Crippen LogP contribution < -0.4 is 10.0 Å². The average molecular weight is 397 g/mol. The molecule has 1 heterocycles. The molecule has 27 heavy (non-hydrogen) atoms. The van der Waals surface area contributed by atoms with Crippen LogP contribution in [0.5, 0.6) is 0 Å². The average Bonchev–Trinajstić information content (AvgIpc) is 2.62. The molecule has 8 nitrogen and oxygen atoms in total. The minimum Gasteiger partial charge on any atom is -0.349 e. The number of nitrogens with one attached hydrogen (secondary N) is 2. The molecule has 2 N–H and O–H groups in total. The zero-order valence-corrected chi connectivity index (χ0v) is 16.9. The van der Waals surface area contributed by atoms with Crippen LogP contribution in [0.2, 0.25) is 0 Å². The molecule has 1 aromatic carbocycles. The normalized spacial score (nSPS) is 15.3. The van der Waals surface area contributed by atoms with Crippen LogP contribution in [0.1, 0.15) is 37.0 Å². The molecule has 0 radical (unpaired) electrons. The van der Waals surface area contributed by atoms with Gasteiger partial charge in [-0.05, 0) is 51.0 Å². The Morgan fingerprint density at radius 3 is 2.15 bits per heavy atom. The predicted molar refractivity (Wildman–Crippen MR) is 105 cm³/mol. The molecule has 0 unspecified atom stereocenters. The highest BCUT2D eigenvalue weighted by molar-refractivity contribution is 7.92. The summed E-state index contributed by atoms with van der Waals surface area (Å²) in [6.07, 6.45) is 2.50. The Bertz CT molecular complexity index is 752. The highest BCUT2D eigenvalue weighted by Crippen LogP contribution is 2.15. The smallest absolute Gasteiger partial charge is 0.319 e. The number of hydrogen-bond acceptors (Lipinski definition) is 4. The second kappa shape index (κ2) is 9.07. The molecule has 2 rings (SSSR count). The molecule has 1 fully saturated rings. The van der Waals surface area contributed by atoms with Crippen molar-refractivity contribution in [1.29, 1.82) is 0 Å². The molecule has 0 aliphatic carbocycles. The van der Waals surface area contributed by atoms with E-state index in [9.17, 15) is 18.0 Å². The van der Waals surface area contributed by atoms with Gasteiger partial charge in [0.1, 0.15) is 0 Å². The Balaban J connectivity index is 1.86. The van der Waals surface area contributed by atoms with Crippen LogP contribution in [0.25, 0.3) is 0 Å². The summed E-state index contributed by atoms with van der Waals surface area (Å²) in [7, 11) is -3.34. The van der Waals surface area contributed by atoms with Gasteiger partial charge >= 0.3 is 6.03 Å². The first-order chi connectivity index (χ1) is 12.7. The lowest BCUT2D eigenvalue weighted by atomic mass is 10.0. The summed E-state index contributed by atoms with van der Waals surface area (Å²) in [5, 5.41) is 2.99. The van der Waals surface area contributed by atoms with Crippen molar-refractivity contribution in [2.45, 2.75) is 32.7 Å². The van der Waals surface area contributed by atoms with E-state index in [2.05, 4.69) is 10.0 Å². The van der Waals surface area contributed by atoms with E-state index in [1.807, 2.05) is 18.7 Å². The van der Waals surface area contributed by atoms with Crippen molar-refractivity contribution in [3.8, 4) is 0 Å². The fourth-order valence-corrected chi connectivity index (χ4v) is 3.65. The molecule has 0 atom stereocenters. The van der Waals surface area contributed by atoms with Gasteiger partial charge < -0.3 is 15.1 Å². The maximum atomic E-state index is 12.4. The van der Waals surface area contributed by atoms with Crippen LogP contribution in [0.3, 0.4) is 0 Å². The highest BCUT2D eigenvalue weighted by Gasteiger charge is 2.26. The van der Waals surface area contributed by atoms with E-state index in [-0.39, 0.29) is 18.0 Å². The van der Waals surface area contributed by atoms with Gasteiger partial charge in [0.2, 0.25) is 10.0 Å². The van der Waals surface area contributed by atoms with Gasteiger partial charge in [-0.1, -0.05) is 0 Å². The van der Waals surface area contributed by atoms with E-state index >= 15 is 0 Å². The molecule has 1 aliphatic rings. The molecule has 0 aromatic heterocycles. The first kappa shape index (κ1) is 21.0. The van der Waals surface area contributed by atoms with Crippen LogP contribution >= 0.6 is 0 Å². The Kier molecular flexibility index (Phi) is 7.06. The predicted octanol–water partition coefficient (Wildman–Crippen LogP) is 1.71. The van der Waals surface area contributed by atoms with Crippen molar-refractivity contribution in [2.75, 3.05) is 37.2 Å². The van der Waals surface area contributed by atoms with Crippen LogP contribution in [0.15, 0.2) is 24.3 Å². The summed E-state index contributed by atoms with van der Waals surface area (Å²) in [6.45, 7) is 6.55. The molecular weight excluding hydrogens is 368 g/mol. The lowest BCUT2D eigenvalue weighted by Crippen LogP contribution is -2.50. The molecule has 1 aliphatic heterocycles. The first-order valence-electron chi connectivity index (χ1n) is 9.16. The van der Waals surface area contributed by atoms with Crippen LogP contribution in [-0.2, 0) is 10.0 Å². The Labute approximate surface area is 161 Å². The molecule has 3 amide bonds. The van der Waals surface area contributed by atoms with E-state index in [1.54, 1.807) is 29.2 Å². The number of sulfonamides is 1. The number of rotatable bonds is 6. The van der Waals surface area contributed by atoms with Gasteiger partial charge in [-0.15, -0.1) is 0 Å². The number of carbonyl (C=O) groups is 2. The number of urea groups is 1. The van der Waals surface area contributed by atoms with Crippen LogP contribution in [0.4, 0.5) is 10.5 Å². The maximum absolute atomic E-state index is 12.4. The van der Waals surface area contributed by atoms with Crippen molar-refractivity contribution >= 4 is 27.6 Å². The highest BCUT2D eigenvalue weighted by atomic mass is 32.2. The third kappa shape index (κ3) is 6.13. The monoisotopic (exact) mass is 396 g/mol. The third-order valence-electron chi connectivity index (χ3n) is 4.58. The summed E-state index contributed by atoms with van der Waals surface area (Å²) in [5.74, 6) is -0.200. The van der Waals surface area contributed by atoms with Gasteiger partial charge in [-0.25, -0.2) is 13.2 Å². The molecule has 9 heteroatoms. The largest absolute Gasteiger partial charge is 0.349 e. The van der Waals surface area contributed by atoms with E-state index < -0.39 is 10.0 Å². The SMILES string of the molecule is CCN(CC)C(=O)N1CCC(NC(=O)c2ccc(NS(C)(=O)=O)cc2)CC1. The molecule has 0 spiro atoms. The number of amides is 3. The summed E-state index contributed by atoms with van der Waals surface area (Å²) in [5.41, 5.74) is 0.882. The maximum Gasteiger partial charge on any atom is 0.319 e. The second-order valence-electron chi connectivity index (χ2n) is 6.64. The lowest BCUT2D eigenvalue weighted by Gasteiger charge is -2.35. The van der Waals surface area contributed by atoms with E-state index in [1.165, 1.54) is 0 Å². The fraction of sp³-hybridized carbons (Fsp3) is 0.556. The first-order valence-corrected chi connectivity index (χ1v) is 11.0. The molecular formula is C18H28N4O4S. The topological polar surface area (TPSA) is 98.8 Å². The summed E-state index contributed by atoms with van der Waals surface area (Å²) in [6, 6.07) is 6.36. The quantitative estimate of drug-likeness (QED) is 0.765. The van der Waals surface area contributed by atoms with E-state index in [4.69, 9.17) is 0 Å². The summed E-state index contributed by atoms with van der Waals surface area (Å²) < 4.78 is 24.8. The zero-order valence-electron chi connectivity index (χ0n) is 16.1. The van der Waals surface area contributed by atoms with Gasteiger partial charge in [0.15, 0.2) is 0 Å². The number of anilines is 1. The second-order valence-corrected chi connectivity index (χ2v) is 8.39. The lowest BCUT2D eigenvalue weighted by molar-refractivity contribution is 0.0911. The molecule has 1 saturated heterocycles. The van der Waals surface area contributed by atoms with Gasteiger partial charge in [-0.3, -0.25) is 9.52 Å². The number of piperidine rings is 1. The fourth-order valence-electron chi connectivity index (χ4n) is 3.08. The Morgan fingerprint density at radius 2 is 1.67 bits per heavy atom. The number of likely N-dealkylation sites (tertiary alicyclic amines) is 1. The molecule has 0 bridgehead atoms. The van der Waals surface area contributed by atoms with E-state index in [0.717, 1.165) is 6.26 Å². The number of carbonyl (C=O) groups excluding carboxylic acids is 2. The van der Waals surface area contributed by atoms with Crippen molar-refractivity contribution < 1.29 is 18.0 Å². The van der Waals surface area contributed by atoms with E-state index in [0.29, 0.717) is 50.3 Å². The van der Waals surface area contributed by atoms with Crippen LogP contribution in [-0.4, -0.2) is 68.6 Å². The Morgan fingerprint density at radius 1 is 1.11 bits per heavy atom. The molecule has 0 saturated carbocycles. The van der Waals surface area contributed by atoms with Crippen molar-refractivity contribution in [1.82, 2.24) is 15.1 Å². The van der Waals surface area contributed by atoms with Crippen molar-refractivity contribution in [3.05, 3.63) is 29.8 Å². The standard InChI is InChI=1S/C18H28N4O4S/c1-4-21(5-2)18(24)22-12-10-15(11-13-22)19-17(23)14-6-8-16(9-7-14)20-27(3,25)26/h6-9,15,20H,4-5,10-13H2,1-3H3,(H,19,23). The molecule has 150 valence electrons.